The Kier molecular flexibility index (Phi) is 7.44. The van der Waals surface area contributed by atoms with Gasteiger partial charge in [-0.3, -0.25) is 4.79 Å². The van der Waals surface area contributed by atoms with Gasteiger partial charge >= 0.3 is 5.97 Å². The molecule has 1 unspecified atom stereocenters. The highest BCUT2D eigenvalue weighted by Crippen LogP contribution is 2.36. The molecular formula is C12H17Br2NO2S. The molecule has 0 aliphatic heterocycles. The average Bonchev–Trinajstić information content (AvgIpc) is 2.65. The van der Waals surface area contributed by atoms with Gasteiger partial charge in [-0.15, -0.1) is 11.3 Å². The van der Waals surface area contributed by atoms with Gasteiger partial charge in [0.15, 0.2) is 0 Å². The fourth-order valence-electron chi connectivity index (χ4n) is 1.56. The molecule has 0 amide bonds. The Labute approximate surface area is 128 Å². The highest BCUT2D eigenvalue weighted by atomic mass is 79.9. The number of nitrogens with two attached hydrogens (primary N) is 1. The van der Waals surface area contributed by atoms with Crippen LogP contribution >= 0.6 is 43.2 Å². The van der Waals surface area contributed by atoms with E-state index in [2.05, 4.69) is 31.9 Å². The summed E-state index contributed by atoms with van der Waals surface area (Å²) in [5.74, 6) is -0.118. The minimum absolute atomic E-state index is 0.0415. The summed E-state index contributed by atoms with van der Waals surface area (Å²) in [5, 5.41) is 0. The summed E-state index contributed by atoms with van der Waals surface area (Å²) in [6.07, 6.45) is 3.14. The minimum Gasteiger partial charge on any atom is -0.466 e. The van der Waals surface area contributed by atoms with Crippen LogP contribution in [0.3, 0.4) is 0 Å². The third kappa shape index (κ3) is 5.38. The first kappa shape index (κ1) is 16.1. The van der Waals surface area contributed by atoms with Crippen molar-refractivity contribution in [1.29, 1.82) is 0 Å². The van der Waals surface area contributed by atoms with Crippen molar-refractivity contribution in [1.82, 2.24) is 0 Å². The Bertz CT molecular complexity index is 376. The van der Waals surface area contributed by atoms with Crippen molar-refractivity contribution in [3.05, 3.63) is 19.2 Å². The average molecular weight is 399 g/mol. The molecule has 1 atom stereocenters. The third-order valence-corrected chi connectivity index (χ3v) is 5.87. The van der Waals surface area contributed by atoms with Crippen molar-refractivity contribution in [3.63, 3.8) is 0 Å². The molecule has 1 rings (SSSR count). The number of ether oxygens (including phenoxy) is 1. The van der Waals surface area contributed by atoms with Gasteiger partial charge in [-0.05, 0) is 57.7 Å². The lowest BCUT2D eigenvalue weighted by molar-refractivity contribution is -0.143. The topological polar surface area (TPSA) is 52.3 Å². The summed E-state index contributed by atoms with van der Waals surface area (Å²) in [6, 6.07) is 2.09. The number of carbonyl (C=O) groups is 1. The van der Waals surface area contributed by atoms with Crippen molar-refractivity contribution in [2.24, 2.45) is 5.73 Å². The van der Waals surface area contributed by atoms with Crippen LogP contribution in [0.4, 0.5) is 0 Å². The molecule has 102 valence electrons. The zero-order chi connectivity index (χ0) is 13.5. The van der Waals surface area contributed by atoms with Gasteiger partial charge in [-0.1, -0.05) is 6.42 Å². The first-order valence-electron chi connectivity index (χ1n) is 5.90. The zero-order valence-corrected chi connectivity index (χ0v) is 14.2. The van der Waals surface area contributed by atoms with Crippen LogP contribution in [0.5, 0.6) is 0 Å². The summed E-state index contributed by atoms with van der Waals surface area (Å²) >= 11 is 8.55. The van der Waals surface area contributed by atoms with Crippen molar-refractivity contribution in [2.75, 3.05) is 6.61 Å². The highest BCUT2D eigenvalue weighted by molar-refractivity contribution is 9.13. The van der Waals surface area contributed by atoms with Crippen LogP contribution in [-0.2, 0) is 9.53 Å². The van der Waals surface area contributed by atoms with Crippen molar-refractivity contribution < 1.29 is 9.53 Å². The van der Waals surface area contributed by atoms with E-state index in [-0.39, 0.29) is 12.0 Å². The van der Waals surface area contributed by atoms with Gasteiger partial charge in [-0.2, -0.15) is 0 Å². The third-order valence-electron chi connectivity index (χ3n) is 2.48. The van der Waals surface area contributed by atoms with Crippen LogP contribution in [-0.4, -0.2) is 12.6 Å². The van der Waals surface area contributed by atoms with Crippen LogP contribution < -0.4 is 5.73 Å². The molecule has 0 aliphatic rings. The number of esters is 1. The number of thiophene rings is 1. The minimum atomic E-state index is -0.118. The van der Waals surface area contributed by atoms with Gasteiger partial charge in [0.05, 0.1) is 10.4 Å². The van der Waals surface area contributed by atoms with E-state index in [9.17, 15) is 4.79 Å². The molecule has 2 N–H and O–H groups in total. The van der Waals surface area contributed by atoms with Crippen LogP contribution in [0.1, 0.15) is 43.5 Å². The molecule has 1 heterocycles. The molecule has 6 heteroatoms. The summed E-state index contributed by atoms with van der Waals surface area (Å²) in [7, 11) is 0. The lowest BCUT2D eigenvalue weighted by Crippen LogP contribution is -2.09. The maximum atomic E-state index is 11.1. The maximum Gasteiger partial charge on any atom is 0.305 e. The van der Waals surface area contributed by atoms with E-state index in [0.29, 0.717) is 13.0 Å². The Hall–Kier alpha value is 0.0900. The molecule has 0 saturated carbocycles. The van der Waals surface area contributed by atoms with Gasteiger partial charge in [0.25, 0.3) is 0 Å². The normalized spacial score (nSPS) is 12.4. The molecule has 0 fully saturated rings. The lowest BCUT2D eigenvalue weighted by Gasteiger charge is -2.08. The molecule has 18 heavy (non-hydrogen) atoms. The first-order valence-corrected chi connectivity index (χ1v) is 8.30. The molecule has 0 bridgehead atoms. The van der Waals surface area contributed by atoms with Crippen LogP contribution in [0.2, 0.25) is 0 Å². The predicted molar refractivity (Wildman–Crippen MR) is 81.7 cm³/mol. The second-order valence-corrected chi connectivity index (χ2v) is 7.18. The van der Waals surface area contributed by atoms with Crippen LogP contribution in [0, 0.1) is 0 Å². The van der Waals surface area contributed by atoms with E-state index < -0.39 is 0 Å². The number of hydrogen-bond acceptors (Lipinski definition) is 4. The predicted octanol–water partition coefficient (Wildman–Crippen LogP) is 4.40. The van der Waals surface area contributed by atoms with Crippen molar-refractivity contribution in [2.45, 2.75) is 38.6 Å². The molecule has 0 aliphatic carbocycles. The molecule has 0 aromatic carbocycles. The van der Waals surface area contributed by atoms with E-state index in [1.807, 2.05) is 13.0 Å². The van der Waals surface area contributed by atoms with Gasteiger partial charge in [0, 0.05) is 21.8 Å². The number of rotatable bonds is 7. The van der Waals surface area contributed by atoms with E-state index in [0.717, 1.165) is 32.4 Å². The quantitative estimate of drug-likeness (QED) is 0.547. The monoisotopic (exact) mass is 397 g/mol. The summed E-state index contributed by atoms with van der Waals surface area (Å²) < 4.78 is 6.99. The van der Waals surface area contributed by atoms with Crippen LogP contribution in [0.25, 0.3) is 0 Å². The van der Waals surface area contributed by atoms with E-state index in [1.165, 1.54) is 0 Å². The summed E-state index contributed by atoms with van der Waals surface area (Å²) in [4.78, 5) is 12.3. The molecule has 0 saturated heterocycles. The maximum absolute atomic E-state index is 11.1. The molecule has 0 radical (unpaired) electrons. The Morgan fingerprint density at radius 3 is 2.78 bits per heavy atom. The molecule has 1 aromatic heterocycles. The van der Waals surface area contributed by atoms with Gasteiger partial charge in [0.2, 0.25) is 0 Å². The zero-order valence-electron chi connectivity index (χ0n) is 10.2. The van der Waals surface area contributed by atoms with Gasteiger partial charge < -0.3 is 10.5 Å². The van der Waals surface area contributed by atoms with E-state index in [4.69, 9.17) is 10.5 Å². The fraction of sp³-hybridized carbons (Fsp3) is 0.583. The smallest absolute Gasteiger partial charge is 0.305 e. The Morgan fingerprint density at radius 1 is 1.50 bits per heavy atom. The van der Waals surface area contributed by atoms with Gasteiger partial charge in [0.1, 0.15) is 0 Å². The largest absolute Gasteiger partial charge is 0.466 e. The van der Waals surface area contributed by atoms with Gasteiger partial charge in [-0.25, -0.2) is 0 Å². The second kappa shape index (κ2) is 8.30. The number of halogens is 2. The highest BCUT2D eigenvalue weighted by Gasteiger charge is 2.12. The summed E-state index contributed by atoms with van der Waals surface area (Å²) in [6.45, 7) is 2.27. The first-order chi connectivity index (χ1) is 8.54. The number of carbonyl (C=O) groups excluding carboxylic acids is 1. The fourth-order valence-corrected chi connectivity index (χ4v) is 3.68. The number of unbranched alkanes of at least 4 members (excludes halogenated alkanes) is 1. The second-order valence-electron chi connectivity index (χ2n) is 3.93. The standard InChI is InChI=1S/C12H17Br2NO2S/c1-2-17-11(16)6-4-3-5-9(15)10-7-8(13)12(14)18-10/h7,9H,2-6,15H2,1H3. The number of hydrogen-bond donors (Lipinski definition) is 1. The Morgan fingerprint density at radius 2 is 2.22 bits per heavy atom. The van der Waals surface area contributed by atoms with Crippen molar-refractivity contribution in [3.8, 4) is 0 Å². The molecule has 1 aromatic rings. The molecule has 0 spiro atoms. The molecular weight excluding hydrogens is 382 g/mol. The Balaban J connectivity index is 2.25. The lowest BCUT2D eigenvalue weighted by atomic mass is 10.1. The van der Waals surface area contributed by atoms with E-state index >= 15 is 0 Å². The van der Waals surface area contributed by atoms with Crippen LogP contribution in [0.15, 0.2) is 14.3 Å². The molecule has 3 nitrogen and oxygen atoms in total. The van der Waals surface area contributed by atoms with E-state index in [1.54, 1.807) is 11.3 Å². The summed E-state index contributed by atoms with van der Waals surface area (Å²) in [5.41, 5.74) is 6.11. The SMILES string of the molecule is CCOC(=O)CCCCC(N)c1cc(Br)c(Br)s1. The van der Waals surface area contributed by atoms with Crippen molar-refractivity contribution >= 4 is 49.2 Å².